The predicted octanol–water partition coefficient (Wildman–Crippen LogP) is 2.76. The Bertz CT molecular complexity index is 735. The number of benzene rings is 1. The van der Waals surface area contributed by atoms with Gasteiger partial charge < -0.3 is 20.4 Å². The standard InChI is InChI=1S/C19H25FN4O2.HI/c1-3-21-19(22-9-8-15-6-7-16(20)11-14(15)2)24-13-18(25)23-12-17-5-4-10-26-17;/h4-7,10-11H,3,8-9,12-13H2,1-2H3,(H,23,25)(H2,21,22,24);1H. The summed E-state index contributed by atoms with van der Waals surface area (Å²) >= 11 is 0. The van der Waals surface area contributed by atoms with Gasteiger partial charge in [0.25, 0.3) is 0 Å². The van der Waals surface area contributed by atoms with Crippen LogP contribution in [0.15, 0.2) is 46.0 Å². The Morgan fingerprint density at radius 3 is 2.70 bits per heavy atom. The van der Waals surface area contributed by atoms with Crippen molar-refractivity contribution in [2.75, 3.05) is 19.6 Å². The van der Waals surface area contributed by atoms with E-state index in [9.17, 15) is 9.18 Å². The van der Waals surface area contributed by atoms with Crippen LogP contribution < -0.4 is 16.0 Å². The van der Waals surface area contributed by atoms with Crippen molar-refractivity contribution in [2.45, 2.75) is 26.8 Å². The summed E-state index contributed by atoms with van der Waals surface area (Å²) in [7, 11) is 0. The second-order valence-corrected chi connectivity index (χ2v) is 5.80. The predicted molar refractivity (Wildman–Crippen MR) is 115 cm³/mol. The molecule has 0 unspecified atom stereocenters. The maximum absolute atomic E-state index is 13.1. The lowest BCUT2D eigenvalue weighted by atomic mass is 10.1. The van der Waals surface area contributed by atoms with Gasteiger partial charge in [0.1, 0.15) is 18.1 Å². The zero-order chi connectivity index (χ0) is 18.8. The third-order valence-corrected chi connectivity index (χ3v) is 3.76. The number of aliphatic imine (C=N–C) groups is 1. The number of hydrogen-bond acceptors (Lipinski definition) is 3. The second-order valence-electron chi connectivity index (χ2n) is 5.80. The van der Waals surface area contributed by atoms with Crippen LogP contribution in [0.2, 0.25) is 0 Å². The zero-order valence-corrected chi connectivity index (χ0v) is 17.9. The van der Waals surface area contributed by atoms with Crippen LogP contribution in [0.5, 0.6) is 0 Å². The Labute approximate surface area is 176 Å². The van der Waals surface area contributed by atoms with Crippen LogP contribution in [0.4, 0.5) is 4.39 Å². The minimum atomic E-state index is -0.227. The molecule has 0 saturated heterocycles. The molecule has 0 aliphatic rings. The topological polar surface area (TPSA) is 78.7 Å². The van der Waals surface area contributed by atoms with E-state index in [1.165, 1.54) is 12.1 Å². The van der Waals surface area contributed by atoms with E-state index in [-0.39, 0.29) is 42.2 Å². The number of amides is 1. The number of carbonyl (C=O) groups excluding carboxylic acids is 1. The highest BCUT2D eigenvalue weighted by Crippen LogP contribution is 2.10. The van der Waals surface area contributed by atoms with Gasteiger partial charge in [0.05, 0.1) is 12.8 Å². The molecule has 0 aliphatic carbocycles. The van der Waals surface area contributed by atoms with Gasteiger partial charge in [-0.15, -0.1) is 24.0 Å². The number of aryl methyl sites for hydroxylation is 1. The lowest BCUT2D eigenvalue weighted by Gasteiger charge is -2.12. The molecular weight excluding hydrogens is 462 g/mol. The lowest BCUT2D eigenvalue weighted by molar-refractivity contribution is -0.119. The van der Waals surface area contributed by atoms with Crippen molar-refractivity contribution in [1.82, 2.24) is 16.0 Å². The summed E-state index contributed by atoms with van der Waals surface area (Å²) in [6.07, 6.45) is 2.30. The molecule has 1 aromatic carbocycles. The van der Waals surface area contributed by atoms with E-state index in [0.717, 1.165) is 17.5 Å². The van der Waals surface area contributed by atoms with Crippen molar-refractivity contribution in [3.63, 3.8) is 0 Å². The smallest absolute Gasteiger partial charge is 0.242 e. The molecule has 6 nitrogen and oxygen atoms in total. The monoisotopic (exact) mass is 488 g/mol. The summed E-state index contributed by atoms with van der Waals surface area (Å²) < 4.78 is 18.3. The first-order chi connectivity index (χ1) is 12.6. The first-order valence-electron chi connectivity index (χ1n) is 8.64. The minimum absolute atomic E-state index is 0. The number of furan rings is 1. The summed E-state index contributed by atoms with van der Waals surface area (Å²) in [6.45, 7) is 5.53. The molecule has 1 amide bonds. The molecule has 0 saturated carbocycles. The number of rotatable bonds is 8. The van der Waals surface area contributed by atoms with Gasteiger partial charge >= 0.3 is 0 Å². The van der Waals surface area contributed by atoms with Crippen LogP contribution >= 0.6 is 24.0 Å². The molecule has 2 aromatic rings. The van der Waals surface area contributed by atoms with Crippen molar-refractivity contribution in [3.8, 4) is 0 Å². The normalized spacial score (nSPS) is 10.9. The van der Waals surface area contributed by atoms with E-state index < -0.39 is 0 Å². The van der Waals surface area contributed by atoms with E-state index in [1.54, 1.807) is 24.5 Å². The lowest BCUT2D eigenvalue weighted by Crippen LogP contribution is -2.39. The van der Waals surface area contributed by atoms with Crippen LogP contribution in [-0.4, -0.2) is 31.5 Å². The van der Waals surface area contributed by atoms with E-state index in [2.05, 4.69) is 20.9 Å². The molecule has 27 heavy (non-hydrogen) atoms. The molecule has 3 N–H and O–H groups in total. The summed E-state index contributed by atoms with van der Waals surface area (Å²) in [4.78, 5) is 16.1. The summed E-state index contributed by atoms with van der Waals surface area (Å²) in [5.74, 6) is 0.852. The Morgan fingerprint density at radius 2 is 2.04 bits per heavy atom. The van der Waals surface area contributed by atoms with Gasteiger partial charge in [0, 0.05) is 13.1 Å². The molecule has 0 radical (unpaired) electrons. The van der Waals surface area contributed by atoms with Gasteiger partial charge in [-0.25, -0.2) is 9.38 Å². The van der Waals surface area contributed by atoms with E-state index >= 15 is 0 Å². The molecule has 148 valence electrons. The van der Waals surface area contributed by atoms with Gasteiger partial charge in [-0.3, -0.25) is 4.79 Å². The molecule has 8 heteroatoms. The van der Waals surface area contributed by atoms with Gasteiger partial charge in [0.2, 0.25) is 5.91 Å². The third-order valence-electron chi connectivity index (χ3n) is 3.76. The first-order valence-corrected chi connectivity index (χ1v) is 8.64. The van der Waals surface area contributed by atoms with Crippen molar-refractivity contribution in [1.29, 1.82) is 0 Å². The van der Waals surface area contributed by atoms with Crippen molar-refractivity contribution < 1.29 is 13.6 Å². The fraction of sp³-hybridized carbons (Fsp3) is 0.368. The number of nitrogens with zero attached hydrogens (tertiary/aromatic N) is 1. The number of halogens is 2. The average Bonchev–Trinajstić information content (AvgIpc) is 3.13. The van der Waals surface area contributed by atoms with Crippen LogP contribution in [0.3, 0.4) is 0 Å². The molecule has 0 fully saturated rings. The molecule has 2 rings (SSSR count). The minimum Gasteiger partial charge on any atom is -0.467 e. The maximum atomic E-state index is 13.1. The molecule has 1 heterocycles. The molecular formula is C19H26FIN4O2. The van der Waals surface area contributed by atoms with E-state index in [0.29, 0.717) is 31.4 Å². The van der Waals surface area contributed by atoms with Crippen molar-refractivity contribution >= 4 is 35.8 Å². The van der Waals surface area contributed by atoms with Gasteiger partial charge in [-0.05, 0) is 55.7 Å². The Kier molecular flexibility index (Phi) is 10.5. The highest BCUT2D eigenvalue weighted by molar-refractivity contribution is 14.0. The van der Waals surface area contributed by atoms with E-state index in [4.69, 9.17) is 4.42 Å². The zero-order valence-electron chi connectivity index (χ0n) is 15.5. The number of nitrogens with one attached hydrogen (secondary N) is 3. The quantitative estimate of drug-likeness (QED) is 0.304. The highest BCUT2D eigenvalue weighted by Gasteiger charge is 2.04. The Hall–Kier alpha value is -2.10. The molecule has 1 aromatic heterocycles. The van der Waals surface area contributed by atoms with Gasteiger partial charge in [0.15, 0.2) is 5.96 Å². The fourth-order valence-electron chi connectivity index (χ4n) is 2.40. The summed E-state index contributed by atoms with van der Waals surface area (Å²) in [5, 5.41) is 9.03. The van der Waals surface area contributed by atoms with Gasteiger partial charge in [-0.2, -0.15) is 0 Å². The molecule has 0 atom stereocenters. The highest BCUT2D eigenvalue weighted by atomic mass is 127. The Balaban J connectivity index is 0.00000364. The number of hydrogen-bond donors (Lipinski definition) is 3. The molecule has 0 bridgehead atoms. The fourth-order valence-corrected chi connectivity index (χ4v) is 2.40. The molecule has 0 aliphatic heterocycles. The van der Waals surface area contributed by atoms with Crippen LogP contribution in [0, 0.1) is 12.7 Å². The van der Waals surface area contributed by atoms with Crippen molar-refractivity contribution in [2.24, 2.45) is 4.99 Å². The first kappa shape index (κ1) is 22.9. The summed E-state index contributed by atoms with van der Waals surface area (Å²) in [5.41, 5.74) is 2.00. The molecule has 0 spiro atoms. The number of carbonyl (C=O) groups is 1. The SMILES string of the molecule is CCNC(=NCC(=O)NCc1ccco1)NCCc1ccc(F)cc1C.I. The number of guanidine groups is 1. The van der Waals surface area contributed by atoms with Gasteiger partial charge in [-0.1, -0.05) is 6.07 Å². The van der Waals surface area contributed by atoms with Crippen molar-refractivity contribution in [3.05, 3.63) is 59.3 Å². The maximum Gasteiger partial charge on any atom is 0.242 e. The second kappa shape index (κ2) is 12.3. The van der Waals surface area contributed by atoms with Crippen LogP contribution in [0.1, 0.15) is 23.8 Å². The van der Waals surface area contributed by atoms with E-state index in [1.807, 2.05) is 13.8 Å². The third kappa shape index (κ3) is 8.42. The average molecular weight is 488 g/mol. The Morgan fingerprint density at radius 1 is 1.22 bits per heavy atom. The summed E-state index contributed by atoms with van der Waals surface area (Å²) in [6, 6.07) is 8.35. The largest absolute Gasteiger partial charge is 0.467 e. The van der Waals surface area contributed by atoms with Crippen LogP contribution in [-0.2, 0) is 17.8 Å². The van der Waals surface area contributed by atoms with Crippen LogP contribution in [0.25, 0.3) is 0 Å².